The van der Waals surface area contributed by atoms with E-state index in [1.165, 1.54) is 0 Å². The summed E-state index contributed by atoms with van der Waals surface area (Å²) in [6.45, 7) is 4.09. The van der Waals surface area contributed by atoms with E-state index in [4.69, 9.17) is 11.6 Å². The first-order valence-corrected chi connectivity index (χ1v) is 4.51. The minimum Gasteiger partial charge on any atom is -0.365 e. The molecule has 2 heterocycles. The van der Waals surface area contributed by atoms with Crippen LogP contribution in [0.25, 0.3) is 5.65 Å². The van der Waals surface area contributed by atoms with Crippen molar-refractivity contribution in [3.8, 4) is 0 Å². The summed E-state index contributed by atoms with van der Waals surface area (Å²) in [4.78, 5) is 4.30. The lowest BCUT2D eigenvalue weighted by molar-refractivity contribution is 0.939. The Hall–Kier alpha value is -1.55. The molecule has 1 N–H and O–H groups in total. The molecule has 0 radical (unpaired) electrons. The quantitative estimate of drug-likeness (QED) is 0.838. The van der Waals surface area contributed by atoms with Gasteiger partial charge in [-0.25, -0.2) is 9.50 Å². The van der Waals surface area contributed by atoms with Gasteiger partial charge in [0.25, 0.3) is 0 Å². The Bertz CT molecular complexity index is 463. The Balaban J connectivity index is 2.21. The van der Waals surface area contributed by atoms with Gasteiger partial charge in [-0.15, -0.1) is 0 Å². The van der Waals surface area contributed by atoms with Crippen LogP contribution in [0.3, 0.4) is 0 Å². The SMILES string of the molecule is C=C(Cl)CNc1ccn2nccc2n1. The molecule has 5 heteroatoms. The largest absolute Gasteiger partial charge is 0.365 e. The van der Waals surface area contributed by atoms with Crippen LogP contribution in [-0.2, 0) is 0 Å². The molecule has 14 heavy (non-hydrogen) atoms. The van der Waals surface area contributed by atoms with Crippen LogP contribution in [0.5, 0.6) is 0 Å². The lowest BCUT2D eigenvalue weighted by Gasteiger charge is -2.03. The summed E-state index contributed by atoms with van der Waals surface area (Å²) >= 11 is 5.62. The number of anilines is 1. The average molecular weight is 209 g/mol. The number of nitrogens with one attached hydrogen (secondary N) is 1. The molecule has 0 atom stereocenters. The van der Waals surface area contributed by atoms with E-state index in [9.17, 15) is 0 Å². The molecule has 4 nitrogen and oxygen atoms in total. The van der Waals surface area contributed by atoms with Crippen LogP contribution in [0.2, 0.25) is 0 Å². The summed E-state index contributed by atoms with van der Waals surface area (Å²) in [5, 5.41) is 7.64. The molecule has 0 fully saturated rings. The van der Waals surface area contributed by atoms with Gasteiger partial charge in [-0.2, -0.15) is 5.10 Å². The normalized spacial score (nSPS) is 10.4. The highest BCUT2D eigenvalue weighted by Gasteiger charge is 1.97. The first-order valence-electron chi connectivity index (χ1n) is 4.13. The van der Waals surface area contributed by atoms with Crippen molar-refractivity contribution in [2.75, 3.05) is 11.9 Å². The molecule has 2 aromatic rings. The van der Waals surface area contributed by atoms with Crippen LogP contribution < -0.4 is 5.32 Å². The zero-order valence-corrected chi connectivity index (χ0v) is 8.20. The van der Waals surface area contributed by atoms with Gasteiger partial charge in [0.15, 0.2) is 5.65 Å². The average Bonchev–Trinajstić information content (AvgIpc) is 2.61. The fourth-order valence-corrected chi connectivity index (χ4v) is 1.16. The van der Waals surface area contributed by atoms with Gasteiger partial charge in [0.2, 0.25) is 0 Å². The summed E-state index contributed by atoms with van der Waals surface area (Å²) in [5.41, 5.74) is 0.801. The van der Waals surface area contributed by atoms with E-state index >= 15 is 0 Å². The van der Waals surface area contributed by atoms with Gasteiger partial charge >= 0.3 is 0 Å². The third kappa shape index (κ3) is 1.85. The highest BCUT2D eigenvalue weighted by Crippen LogP contribution is 2.06. The van der Waals surface area contributed by atoms with Crippen LogP contribution in [0.4, 0.5) is 5.82 Å². The summed E-state index contributed by atoms with van der Waals surface area (Å²) in [5.74, 6) is 0.764. The van der Waals surface area contributed by atoms with Gasteiger partial charge < -0.3 is 5.32 Å². The molecule has 2 aromatic heterocycles. The van der Waals surface area contributed by atoms with E-state index in [2.05, 4.69) is 22.0 Å². The van der Waals surface area contributed by atoms with Crippen LogP contribution in [-0.4, -0.2) is 21.1 Å². The molecule has 0 saturated heterocycles. The molecule has 0 unspecified atom stereocenters. The Labute approximate surface area is 86.2 Å². The molecule has 0 aromatic carbocycles. The standard InChI is InChI=1S/C9H9ClN4/c1-7(10)6-11-8-3-5-14-9(13-8)2-4-12-14/h2-5H,1,6H2,(H,11,13). The van der Waals surface area contributed by atoms with Gasteiger partial charge in [0, 0.05) is 17.3 Å². The van der Waals surface area contributed by atoms with E-state index in [1.54, 1.807) is 10.7 Å². The fraction of sp³-hybridized carbons (Fsp3) is 0.111. The molecule has 0 aliphatic heterocycles. The topological polar surface area (TPSA) is 42.2 Å². The van der Waals surface area contributed by atoms with Crippen LogP contribution >= 0.6 is 11.6 Å². The monoisotopic (exact) mass is 208 g/mol. The number of halogens is 1. The molecule has 2 rings (SSSR count). The maximum absolute atomic E-state index is 5.62. The number of hydrogen-bond acceptors (Lipinski definition) is 3. The zero-order valence-electron chi connectivity index (χ0n) is 7.44. The van der Waals surface area contributed by atoms with Gasteiger partial charge in [0.05, 0.1) is 12.7 Å². The Kier molecular flexibility index (Phi) is 2.37. The molecule has 0 saturated carbocycles. The predicted molar refractivity (Wildman–Crippen MR) is 56.5 cm³/mol. The zero-order chi connectivity index (χ0) is 9.97. The van der Waals surface area contributed by atoms with Crippen LogP contribution in [0, 0.1) is 0 Å². The second kappa shape index (κ2) is 3.67. The Morgan fingerprint density at radius 1 is 1.57 bits per heavy atom. The summed E-state index contributed by atoms with van der Waals surface area (Å²) in [7, 11) is 0. The lowest BCUT2D eigenvalue weighted by atomic mass is 10.5. The second-order valence-electron chi connectivity index (χ2n) is 2.82. The second-order valence-corrected chi connectivity index (χ2v) is 3.35. The highest BCUT2D eigenvalue weighted by molar-refractivity contribution is 6.29. The Morgan fingerprint density at radius 2 is 2.43 bits per heavy atom. The van der Waals surface area contributed by atoms with Crippen molar-refractivity contribution in [3.05, 3.63) is 36.1 Å². The number of hydrogen-bond donors (Lipinski definition) is 1. The lowest BCUT2D eigenvalue weighted by Crippen LogP contribution is -2.03. The van der Waals surface area contributed by atoms with Crippen molar-refractivity contribution in [2.45, 2.75) is 0 Å². The molecule has 0 amide bonds. The number of nitrogens with zero attached hydrogens (tertiary/aromatic N) is 3. The first kappa shape index (κ1) is 9.02. The highest BCUT2D eigenvalue weighted by atomic mass is 35.5. The van der Waals surface area contributed by atoms with Crippen LogP contribution in [0.15, 0.2) is 36.1 Å². The number of fused-ring (bicyclic) bond motifs is 1. The van der Waals surface area contributed by atoms with E-state index < -0.39 is 0 Å². The van der Waals surface area contributed by atoms with Crippen molar-refractivity contribution >= 4 is 23.1 Å². The molecule has 0 aliphatic rings. The van der Waals surface area contributed by atoms with Crippen molar-refractivity contribution < 1.29 is 0 Å². The first-order chi connectivity index (χ1) is 6.75. The van der Waals surface area contributed by atoms with E-state index in [1.807, 2.05) is 18.3 Å². The molecule has 0 spiro atoms. The van der Waals surface area contributed by atoms with E-state index in [0.717, 1.165) is 11.5 Å². The third-order valence-electron chi connectivity index (χ3n) is 1.72. The van der Waals surface area contributed by atoms with E-state index in [-0.39, 0.29) is 0 Å². The summed E-state index contributed by atoms with van der Waals surface area (Å²) in [6.07, 6.45) is 3.54. The minimum atomic E-state index is 0.513. The smallest absolute Gasteiger partial charge is 0.157 e. The molecule has 0 aliphatic carbocycles. The van der Waals surface area contributed by atoms with Gasteiger partial charge in [-0.3, -0.25) is 0 Å². The van der Waals surface area contributed by atoms with Crippen molar-refractivity contribution in [1.29, 1.82) is 0 Å². The maximum Gasteiger partial charge on any atom is 0.157 e. The summed E-state index contributed by atoms with van der Waals surface area (Å²) < 4.78 is 1.70. The van der Waals surface area contributed by atoms with Gasteiger partial charge in [-0.05, 0) is 6.07 Å². The minimum absolute atomic E-state index is 0.513. The van der Waals surface area contributed by atoms with Gasteiger partial charge in [0.1, 0.15) is 5.82 Å². The molecule has 72 valence electrons. The Morgan fingerprint density at radius 3 is 3.21 bits per heavy atom. The molecule has 0 bridgehead atoms. The number of rotatable bonds is 3. The predicted octanol–water partition coefficient (Wildman–Crippen LogP) is 1.89. The fourth-order valence-electron chi connectivity index (χ4n) is 1.10. The van der Waals surface area contributed by atoms with Crippen LogP contribution in [0.1, 0.15) is 0 Å². The van der Waals surface area contributed by atoms with Crippen molar-refractivity contribution in [3.63, 3.8) is 0 Å². The molecular formula is C9H9ClN4. The van der Waals surface area contributed by atoms with E-state index in [0.29, 0.717) is 11.6 Å². The van der Waals surface area contributed by atoms with Crippen molar-refractivity contribution in [1.82, 2.24) is 14.6 Å². The number of aromatic nitrogens is 3. The molecular weight excluding hydrogens is 200 g/mol. The third-order valence-corrected chi connectivity index (χ3v) is 1.85. The van der Waals surface area contributed by atoms with Crippen molar-refractivity contribution in [2.24, 2.45) is 0 Å². The summed E-state index contributed by atoms with van der Waals surface area (Å²) in [6, 6.07) is 3.67. The maximum atomic E-state index is 5.62. The van der Waals surface area contributed by atoms with Gasteiger partial charge in [-0.1, -0.05) is 18.2 Å².